The van der Waals surface area contributed by atoms with Gasteiger partial charge in [0.2, 0.25) is 11.8 Å². The second-order valence-corrected chi connectivity index (χ2v) is 5.39. The molecular formula is C13H22N2O2. The van der Waals surface area contributed by atoms with Crippen molar-refractivity contribution in [3.63, 3.8) is 0 Å². The Hall–Kier alpha value is -0.900. The van der Waals surface area contributed by atoms with E-state index in [-0.39, 0.29) is 17.9 Å². The zero-order valence-corrected chi connectivity index (χ0v) is 10.7. The van der Waals surface area contributed by atoms with Crippen molar-refractivity contribution in [2.24, 2.45) is 5.92 Å². The molecule has 0 aromatic carbocycles. The standard InChI is InChI=1S/C13H22N2O2/c1-3-6-15-12(16)8-11(13(15)17)14-9(2)7-10-4-5-10/h9-11,14H,3-8H2,1-2H3. The number of imide groups is 1. The van der Waals surface area contributed by atoms with Crippen LogP contribution in [0.2, 0.25) is 0 Å². The second kappa shape index (κ2) is 5.17. The summed E-state index contributed by atoms with van der Waals surface area (Å²) in [6.45, 7) is 4.66. The van der Waals surface area contributed by atoms with Crippen molar-refractivity contribution < 1.29 is 9.59 Å². The number of rotatable bonds is 6. The molecule has 0 spiro atoms. The van der Waals surface area contributed by atoms with Crippen LogP contribution < -0.4 is 5.32 Å². The van der Waals surface area contributed by atoms with E-state index in [0.29, 0.717) is 19.0 Å². The molecular weight excluding hydrogens is 216 g/mol. The van der Waals surface area contributed by atoms with E-state index in [1.54, 1.807) is 0 Å². The minimum Gasteiger partial charge on any atom is -0.303 e. The van der Waals surface area contributed by atoms with Crippen LogP contribution in [0.25, 0.3) is 0 Å². The third-order valence-electron chi connectivity index (χ3n) is 3.56. The van der Waals surface area contributed by atoms with Crippen molar-refractivity contribution in [2.75, 3.05) is 6.54 Å². The first-order valence-electron chi connectivity index (χ1n) is 6.72. The van der Waals surface area contributed by atoms with E-state index < -0.39 is 0 Å². The summed E-state index contributed by atoms with van der Waals surface area (Å²) in [4.78, 5) is 25.1. The van der Waals surface area contributed by atoms with Crippen LogP contribution in [0, 0.1) is 5.92 Å². The molecule has 96 valence electrons. The lowest BCUT2D eigenvalue weighted by atomic mass is 10.1. The van der Waals surface area contributed by atoms with Crippen molar-refractivity contribution in [1.29, 1.82) is 0 Å². The maximum atomic E-state index is 12.0. The van der Waals surface area contributed by atoms with Crippen molar-refractivity contribution in [2.45, 2.75) is 58.0 Å². The fourth-order valence-electron chi connectivity index (χ4n) is 2.54. The van der Waals surface area contributed by atoms with Crippen LogP contribution in [0.1, 0.15) is 46.0 Å². The molecule has 0 aromatic heterocycles. The van der Waals surface area contributed by atoms with Gasteiger partial charge in [0.05, 0.1) is 12.5 Å². The fourth-order valence-corrected chi connectivity index (χ4v) is 2.54. The van der Waals surface area contributed by atoms with E-state index in [2.05, 4.69) is 12.2 Å². The Balaban J connectivity index is 1.84. The van der Waals surface area contributed by atoms with Gasteiger partial charge in [0, 0.05) is 12.6 Å². The summed E-state index contributed by atoms with van der Waals surface area (Å²) in [6.07, 6.45) is 4.96. The SMILES string of the molecule is CCCN1C(=O)CC(NC(C)CC2CC2)C1=O. The molecule has 2 aliphatic rings. The van der Waals surface area contributed by atoms with E-state index in [1.807, 2.05) is 6.92 Å². The molecule has 17 heavy (non-hydrogen) atoms. The Bertz CT molecular complexity index is 313. The molecule has 1 saturated heterocycles. The highest BCUT2D eigenvalue weighted by Gasteiger charge is 2.38. The Morgan fingerprint density at radius 2 is 2.12 bits per heavy atom. The molecule has 1 heterocycles. The number of hydrogen-bond donors (Lipinski definition) is 1. The molecule has 4 nitrogen and oxygen atoms in total. The largest absolute Gasteiger partial charge is 0.303 e. The van der Waals surface area contributed by atoms with Crippen LogP contribution in [-0.2, 0) is 9.59 Å². The maximum absolute atomic E-state index is 12.0. The minimum atomic E-state index is -0.275. The molecule has 1 saturated carbocycles. The molecule has 4 heteroatoms. The van der Waals surface area contributed by atoms with Gasteiger partial charge in [-0.05, 0) is 25.7 Å². The number of amides is 2. The molecule has 2 amide bonds. The molecule has 0 bridgehead atoms. The molecule has 1 aliphatic heterocycles. The highest BCUT2D eigenvalue weighted by Crippen LogP contribution is 2.33. The van der Waals surface area contributed by atoms with E-state index in [1.165, 1.54) is 17.7 Å². The van der Waals surface area contributed by atoms with Crippen LogP contribution in [-0.4, -0.2) is 35.3 Å². The number of nitrogens with zero attached hydrogens (tertiary/aromatic N) is 1. The number of carbonyl (C=O) groups excluding carboxylic acids is 2. The van der Waals surface area contributed by atoms with Crippen LogP contribution in [0.4, 0.5) is 0 Å². The first kappa shape index (κ1) is 12.6. The lowest BCUT2D eigenvalue weighted by molar-refractivity contribution is -0.138. The van der Waals surface area contributed by atoms with Gasteiger partial charge in [-0.2, -0.15) is 0 Å². The maximum Gasteiger partial charge on any atom is 0.246 e. The van der Waals surface area contributed by atoms with E-state index in [9.17, 15) is 9.59 Å². The molecule has 0 aromatic rings. The van der Waals surface area contributed by atoms with Gasteiger partial charge in [-0.3, -0.25) is 14.5 Å². The number of carbonyl (C=O) groups is 2. The normalized spacial score (nSPS) is 26.7. The molecule has 2 unspecified atom stereocenters. The summed E-state index contributed by atoms with van der Waals surface area (Å²) in [6, 6.07) is 0.0635. The highest BCUT2D eigenvalue weighted by molar-refractivity contribution is 6.05. The van der Waals surface area contributed by atoms with Crippen molar-refractivity contribution in [3.05, 3.63) is 0 Å². The molecule has 1 aliphatic carbocycles. The first-order chi connectivity index (χ1) is 8.11. The zero-order valence-electron chi connectivity index (χ0n) is 10.7. The Morgan fingerprint density at radius 3 is 2.71 bits per heavy atom. The second-order valence-electron chi connectivity index (χ2n) is 5.39. The van der Waals surface area contributed by atoms with Crippen LogP contribution >= 0.6 is 0 Å². The van der Waals surface area contributed by atoms with Crippen LogP contribution in [0.5, 0.6) is 0 Å². The number of nitrogens with one attached hydrogen (secondary N) is 1. The third kappa shape index (κ3) is 3.06. The predicted molar refractivity (Wildman–Crippen MR) is 65.4 cm³/mol. The predicted octanol–water partition coefficient (Wildman–Crippen LogP) is 1.30. The van der Waals surface area contributed by atoms with Gasteiger partial charge in [0.15, 0.2) is 0 Å². The summed E-state index contributed by atoms with van der Waals surface area (Å²) in [5, 5.41) is 3.31. The molecule has 2 rings (SSSR count). The van der Waals surface area contributed by atoms with Crippen LogP contribution in [0.15, 0.2) is 0 Å². The molecule has 2 fully saturated rings. The van der Waals surface area contributed by atoms with E-state index >= 15 is 0 Å². The average molecular weight is 238 g/mol. The smallest absolute Gasteiger partial charge is 0.246 e. The van der Waals surface area contributed by atoms with Gasteiger partial charge in [-0.15, -0.1) is 0 Å². The summed E-state index contributed by atoms with van der Waals surface area (Å²) in [5.74, 6) is 0.795. The number of likely N-dealkylation sites (tertiary alicyclic amines) is 1. The zero-order chi connectivity index (χ0) is 12.4. The lowest BCUT2D eigenvalue weighted by Crippen LogP contribution is -2.43. The highest BCUT2D eigenvalue weighted by atomic mass is 16.2. The molecule has 2 atom stereocenters. The summed E-state index contributed by atoms with van der Waals surface area (Å²) in [7, 11) is 0. The van der Waals surface area contributed by atoms with Crippen molar-refractivity contribution >= 4 is 11.8 Å². The Morgan fingerprint density at radius 1 is 1.41 bits per heavy atom. The monoisotopic (exact) mass is 238 g/mol. The van der Waals surface area contributed by atoms with Crippen molar-refractivity contribution in [1.82, 2.24) is 10.2 Å². The summed E-state index contributed by atoms with van der Waals surface area (Å²) >= 11 is 0. The minimum absolute atomic E-state index is 0.0204. The number of hydrogen-bond acceptors (Lipinski definition) is 3. The van der Waals surface area contributed by atoms with E-state index in [0.717, 1.165) is 18.8 Å². The summed E-state index contributed by atoms with van der Waals surface area (Å²) < 4.78 is 0. The summed E-state index contributed by atoms with van der Waals surface area (Å²) in [5.41, 5.74) is 0. The quantitative estimate of drug-likeness (QED) is 0.710. The van der Waals surface area contributed by atoms with Gasteiger partial charge >= 0.3 is 0 Å². The lowest BCUT2D eigenvalue weighted by Gasteiger charge is -2.18. The van der Waals surface area contributed by atoms with Gasteiger partial charge in [0.1, 0.15) is 0 Å². The fraction of sp³-hybridized carbons (Fsp3) is 0.846. The van der Waals surface area contributed by atoms with E-state index in [4.69, 9.17) is 0 Å². The van der Waals surface area contributed by atoms with Crippen molar-refractivity contribution in [3.8, 4) is 0 Å². The van der Waals surface area contributed by atoms with Gasteiger partial charge < -0.3 is 5.32 Å². The van der Waals surface area contributed by atoms with Gasteiger partial charge in [-0.1, -0.05) is 19.8 Å². The average Bonchev–Trinajstić information content (AvgIpc) is 3.03. The van der Waals surface area contributed by atoms with Crippen LogP contribution in [0.3, 0.4) is 0 Å². The molecule has 1 N–H and O–H groups in total. The molecule has 0 radical (unpaired) electrons. The topological polar surface area (TPSA) is 49.4 Å². The Kier molecular flexibility index (Phi) is 3.82. The van der Waals surface area contributed by atoms with Gasteiger partial charge in [-0.25, -0.2) is 0 Å². The van der Waals surface area contributed by atoms with Gasteiger partial charge in [0.25, 0.3) is 0 Å². The Labute approximate surface area is 103 Å². The third-order valence-corrected chi connectivity index (χ3v) is 3.56. The first-order valence-corrected chi connectivity index (χ1v) is 6.72.